The lowest BCUT2D eigenvalue weighted by Crippen LogP contribution is -2.04. The number of rotatable bonds is 8. The van der Waals surface area contributed by atoms with Crippen LogP contribution in [0.15, 0.2) is 130 Å². The number of ether oxygens (including phenoxy) is 1. The lowest BCUT2D eigenvalue weighted by molar-refractivity contribution is 0.0594. The first-order valence-corrected chi connectivity index (χ1v) is 18.3. The Morgan fingerprint density at radius 3 is 1.32 bits per heavy atom. The minimum Gasteiger partial charge on any atom is -0.478 e. The SMILES string of the molecule is COC(=O)c1ccc(-c2noc(-c3ccc(-c4ccccc4C)c(C)c3)n2)cc1F.Cc1ccccc1-c1ccc(-c2nc(-c3ccc(C(=O)O)c(F)c3)no2)cc1C. The fourth-order valence-electron chi connectivity index (χ4n) is 6.62. The minimum absolute atomic E-state index is 0.146. The van der Waals surface area contributed by atoms with Crippen LogP contribution >= 0.6 is 0 Å². The number of methoxy groups -OCH3 is 1. The second-order valence-electron chi connectivity index (χ2n) is 13.7. The van der Waals surface area contributed by atoms with Crippen LogP contribution in [-0.4, -0.2) is 44.4 Å². The average Bonchev–Trinajstić information content (AvgIpc) is 3.93. The smallest absolute Gasteiger partial charge is 0.340 e. The van der Waals surface area contributed by atoms with Crippen LogP contribution in [-0.2, 0) is 4.74 Å². The maximum atomic E-state index is 14.2. The normalized spacial score (nSPS) is 10.8. The summed E-state index contributed by atoms with van der Waals surface area (Å²) in [6.07, 6.45) is 0. The summed E-state index contributed by atoms with van der Waals surface area (Å²) in [6, 6.07) is 36.0. The number of carbonyl (C=O) groups is 2. The molecule has 6 aromatic carbocycles. The van der Waals surface area contributed by atoms with Crippen LogP contribution in [0.2, 0.25) is 0 Å². The molecule has 12 heteroatoms. The molecule has 0 saturated heterocycles. The molecular formula is C47H36F2N4O6. The van der Waals surface area contributed by atoms with E-state index in [4.69, 9.17) is 14.2 Å². The van der Waals surface area contributed by atoms with Crippen molar-refractivity contribution < 1.29 is 37.3 Å². The van der Waals surface area contributed by atoms with E-state index in [1.165, 1.54) is 48.1 Å². The molecule has 0 aliphatic carbocycles. The van der Waals surface area contributed by atoms with Gasteiger partial charge in [-0.2, -0.15) is 9.97 Å². The first-order valence-electron chi connectivity index (χ1n) is 18.3. The maximum Gasteiger partial charge on any atom is 0.340 e. The highest BCUT2D eigenvalue weighted by Crippen LogP contribution is 2.33. The summed E-state index contributed by atoms with van der Waals surface area (Å²) in [5, 5.41) is 16.8. The van der Waals surface area contributed by atoms with Gasteiger partial charge in [0.2, 0.25) is 11.6 Å². The van der Waals surface area contributed by atoms with E-state index in [-0.39, 0.29) is 17.2 Å². The summed E-state index contributed by atoms with van der Waals surface area (Å²) in [6.45, 7) is 8.20. The first-order chi connectivity index (χ1) is 28.4. The molecule has 0 bridgehead atoms. The third-order valence-electron chi connectivity index (χ3n) is 9.76. The molecule has 8 aromatic rings. The van der Waals surface area contributed by atoms with Crippen LogP contribution in [0.5, 0.6) is 0 Å². The largest absolute Gasteiger partial charge is 0.478 e. The van der Waals surface area contributed by atoms with E-state index in [1.54, 1.807) is 6.07 Å². The molecule has 0 spiro atoms. The summed E-state index contributed by atoms with van der Waals surface area (Å²) >= 11 is 0. The zero-order chi connectivity index (χ0) is 41.8. The highest BCUT2D eigenvalue weighted by molar-refractivity contribution is 5.90. The van der Waals surface area contributed by atoms with E-state index in [0.29, 0.717) is 22.9 Å². The van der Waals surface area contributed by atoms with Crippen molar-refractivity contribution in [3.8, 4) is 67.9 Å². The topological polar surface area (TPSA) is 141 Å². The number of aryl methyl sites for hydroxylation is 4. The van der Waals surface area contributed by atoms with Gasteiger partial charge in [0, 0.05) is 22.3 Å². The van der Waals surface area contributed by atoms with Crippen molar-refractivity contribution in [2.75, 3.05) is 7.11 Å². The number of carbonyl (C=O) groups excluding carboxylic acids is 1. The molecule has 0 saturated carbocycles. The van der Waals surface area contributed by atoms with Gasteiger partial charge in [-0.15, -0.1) is 0 Å². The molecule has 10 nitrogen and oxygen atoms in total. The molecule has 0 fully saturated rings. The number of nitrogens with zero attached hydrogens (tertiary/aromatic N) is 4. The standard InChI is InChI=1S/C24H19FN2O3.C23H17FN2O3/c1-14-6-4-5-7-18(14)19-10-9-17(12-15(19)2)23-26-22(27-30-23)16-8-11-20(21(25)13-16)24(28)29-3;1-13-5-3-4-6-17(13)18-9-8-16(11-14(18)2)22-25-21(26-29-22)15-7-10-19(23(27)28)20(24)12-15/h4-13H,1-3H3;3-12H,1-2H3,(H,27,28). The highest BCUT2D eigenvalue weighted by atomic mass is 19.1. The molecule has 0 aliphatic heterocycles. The zero-order valence-corrected chi connectivity index (χ0v) is 32.6. The lowest BCUT2D eigenvalue weighted by atomic mass is 9.95. The first kappa shape index (κ1) is 39.6. The van der Waals surface area contributed by atoms with Crippen LogP contribution in [0.1, 0.15) is 43.0 Å². The molecule has 0 aliphatic rings. The van der Waals surface area contributed by atoms with Crippen molar-refractivity contribution in [2.45, 2.75) is 27.7 Å². The van der Waals surface area contributed by atoms with E-state index in [9.17, 15) is 18.4 Å². The summed E-state index contributed by atoms with van der Waals surface area (Å²) in [7, 11) is 1.20. The van der Waals surface area contributed by atoms with E-state index in [1.807, 2.05) is 74.5 Å². The Morgan fingerprint density at radius 2 is 0.932 bits per heavy atom. The van der Waals surface area contributed by atoms with Gasteiger partial charge in [-0.3, -0.25) is 0 Å². The van der Waals surface area contributed by atoms with E-state index in [2.05, 4.69) is 63.1 Å². The van der Waals surface area contributed by atoms with Gasteiger partial charge >= 0.3 is 11.9 Å². The minimum atomic E-state index is -1.33. The van der Waals surface area contributed by atoms with Gasteiger partial charge in [0.15, 0.2) is 0 Å². The quantitative estimate of drug-likeness (QED) is 0.148. The Kier molecular flexibility index (Phi) is 11.3. The van der Waals surface area contributed by atoms with Crippen molar-refractivity contribution in [3.63, 3.8) is 0 Å². The fraction of sp³-hybridized carbons (Fsp3) is 0.106. The van der Waals surface area contributed by atoms with Gasteiger partial charge in [0.1, 0.15) is 11.6 Å². The fourth-order valence-corrected chi connectivity index (χ4v) is 6.62. The summed E-state index contributed by atoms with van der Waals surface area (Å²) in [5.74, 6) is -2.55. The third kappa shape index (κ3) is 8.42. The molecular weight excluding hydrogens is 755 g/mol. The average molecular weight is 791 g/mol. The Balaban J connectivity index is 0.000000179. The Labute approximate surface area is 337 Å². The van der Waals surface area contributed by atoms with Gasteiger partial charge in [-0.05, 0) is 133 Å². The maximum absolute atomic E-state index is 14.2. The number of carboxylic acid groups (broad SMARTS) is 1. The van der Waals surface area contributed by atoms with Crippen LogP contribution in [0.4, 0.5) is 8.78 Å². The van der Waals surface area contributed by atoms with E-state index in [0.717, 1.165) is 45.0 Å². The second-order valence-corrected chi connectivity index (χ2v) is 13.7. The Morgan fingerprint density at radius 1 is 0.525 bits per heavy atom. The molecule has 2 heterocycles. The van der Waals surface area contributed by atoms with Gasteiger partial charge < -0.3 is 18.9 Å². The van der Waals surface area contributed by atoms with Gasteiger partial charge in [-0.25, -0.2) is 18.4 Å². The molecule has 294 valence electrons. The number of esters is 1. The number of aromatic carboxylic acids is 1. The number of carboxylic acids is 1. The summed E-state index contributed by atoms with van der Waals surface area (Å²) < 4.78 is 43.4. The van der Waals surface area contributed by atoms with E-state index >= 15 is 0 Å². The van der Waals surface area contributed by atoms with Crippen LogP contribution in [0.25, 0.3) is 67.9 Å². The van der Waals surface area contributed by atoms with Crippen molar-refractivity contribution >= 4 is 11.9 Å². The number of halogens is 2. The van der Waals surface area contributed by atoms with Gasteiger partial charge in [-0.1, -0.05) is 71.0 Å². The number of hydrogen-bond donors (Lipinski definition) is 1. The summed E-state index contributed by atoms with van der Waals surface area (Å²) in [4.78, 5) is 31.2. The summed E-state index contributed by atoms with van der Waals surface area (Å²) in [5.41, 5.74) is 10.9. The third-order valence-corrected chi connectivity index (χ3v) is 9.76. The predicted molar refractivity (Wildman–Crippen MR) is 218 cm³/mol. The Hall–Kier alpha value is -7.60. The van der Waals surface area contributed by atoms with Gasteiger partial charge in [0.05, 0.1) is 18.2 Å². The van der Waals surface area contributed by atoms with Crippen molar-refractivity contribution in [3.05, 3.63) is 166 Å². The molecule has 59 heavy (non-hydrogen) atoms. The van der Waals surface area contributed by atoms with Crippen molar-refractivity contribution in [1.82, 2.24) is 20.3 Å². The number of aromatic nitrogens is 4. The monoisotopic (exact) mass is 790 g/mol. The molecule has 8 rings (SSSR count). The molecule has 0 amide bonds. The highest BCUT2D eigenvalue weighted by Gasteiger charge is 2.19. The Bertz CT molecular complexity index is 2860. The van der Waals surface area contributed by atoms with Crippen LogP contribution in [0, 0.1) is 39.3 Å². The number of hydrogen-bond acceptors (Lipinski definition) is 9. The molecule has 1 N–H and O–H groups in total. The van der Waals surface area contributed by atoms with Crippen LogP contribution < -0.4 is 0 Å². The van der Waals surface area contributed by atoms with Gasteiger partial charge in [0.25, 0.3) is 11.8 Å². The van der Waals surface area contributed by atoms with E-state index < -0.39 is 29.1 Å². The number of benzene rings is 6. The van der Waals surface area contributed by atoms with Crippen LogP contribution in [0.3, 0.4) is 0 Å². The molecule has 0 unspecified atom stereocenters. The lowest BCUT2D eigenvalue weighted by Gasteiger charge is -2.10. The second kappa shape index (κ2) is 16.9. The van der Waals surface area contributed by atoms with Crippen molar-refractivity contribution in [2.24, 2.45) is 0 Å². The zero-order valence-electron chi connectivity index (χ0n) is 32.6. The molecule has 0 atom stereocenters. The predicted octanol–water partition coefficient (Wildman–Crippen LogP) is 11.1. The molecule has 2 aromatic heterocycles. The van der Waals surface area contributed by atoms with Crippen molar-refractivity contribution in [1.29, 1.82) is 0 Å². The molecule has 0 radical (unpaired) electrons.